The van der Waals surface area contributed by atoms with Crippen molar-refractivity contribution in [3.05, 3.63) is 59.7 Å². The largest absolute Gasteiger partial charge is 0.397 e. The first-order chi connectivity index (χ1) is 11.6. The Balaban J connectivity index is 1.66. The van der Waals surface area contributed by atoms with Crippen molar-refractivity contribution < 1.29 is 4.79 Å². The molecule has 24 heavy (non-hydrogen) atoms. The van der Waals surface area contributed by atoms with Crippen LogP contribution in [0.25, 0.3) is 0 Å². The van der Waals surface area contributed by atoms with Crippen molar-refractivity contribution in [2.24, 2.45) is 0 Å². The molecular weight excluding hydrogens is 298 g/mol. The molecule has 3 rings (SSSR count). The standard InChI is InChI=1S/C20H25N3O/c1-23-13-5-8-17(23)11-12-22-19-14-16(9-10-18(19)21)20(24)15-6-3-2-4-7-15/h2-4,6-7,9-10,14,17,22H,5,8,11-13,21H2,1H3/t17-/m0/s1. The third-order valence-corrected chi connectivity index (χ3v) is 4.82. The van der Waals surface area contributed by atoms with Gasteiger partial charge in [0.05, 0.1) is 11.4 Å². The van der Waals surface area contributed by atoms with Crippen LogP contribution in [0.2, 0.25) is 0 Å². The Hall–Kier alpha value is -2.33. The fourth-order valence-electron chi connectivity index (χ4n) is 3.32. The molecule has 0 radical (unpaired) electrons. The summed E-state index contributed by atoms with van der Waals surface area (Å²) in [6.45, 7) is 2.05. The Kier molecular flexibility index (Phi) is 5.16. The van der Waals surface area contributed by atoms with Crippen molar-refractivity contribution >= 4 is 17.2 Å². The van der Waals surface area contributed by atoms with Crippen LogP contribution in [0.4, 0.5) is 11.4 Å². The lowest BCUT2D eigenvalue weighted by Gasteiger charge is -2.20. The molecule has 1 saturated heterocycles. The predicted octanol–water partition coefficient (Wildman–Crippen LogP) is 3.40. The van der Waals surface area contributed by atoms with E-state index in [1.165, 1.54) is 19.4 Å². The maximum absolute atomic E-state index is 12.6. The van der Waals surface area contributed by atoms with Crippen LogP contribution in [0.15, 0.2) is 48.5 Å². The van der Waals surface area contributed by atoms with Gasteiger partial charge in [0.1, 0.15) is 0 Å². The van der Waals surface area contributed by atoms with Crippen molar-refractivity contribution in [1.29, 1.82) is 0 Å². The summed E-state index contributed by atoms with van der Waals surface area (Å²) in [5.74, 6) is 0.0224. The number of nitrogen functional groups attached to an aromatic ring is 1. The molecule has 0 saturated carbocycles. The van der Waals surface area contributed by atoms with Gasteiger partial charge in [0.2, 0.25) is 0 Å². The van der Waals surface area contributed by atoms with E-state index in [0.717, 1.165) is 18.7 Å². The second-order valence-electron chi connectivity index (χ2n) is 6.49. The number of benzene rings is 2. The highest BCUT2D eigenvalue weighted by molar-refractivity contribution is 6.09. The minimum absolute atomic E-state index is 0.0224. The molecule has 0 aromatic heterocycles. The number of hydrogen-bond donors (Lipinski definition) is 2. The van der Waals surface area contributed by atoms with Gasteiger partial charge < -0.3 is 16.0 Å². The zero-order valence-corrected chi connectivity index (χ0v) is 14.2. The van der Waals surface area contributed by atoms with E-state index in [9.17, 15) is 4.79 Å². The number of carbonyl (C=O) groups excluding carboxylic acids is 1. The zero-order valence-electron chi connectivity index (χ0n) is 14.2. The van der Waals surface area contributed by atoms with E-state index in [1.807, 2.05) is 36.4 Å². The fourth-order valence-corrected chi connectivity index (χ4v) is 3.32. The van der Waals surface area contributed by atoms with Crippen molar-refractivity contribution in [3.63, 3.8) is 0 Å². The van der Waals surface area contributed by atoms with Gasteiger partial charge in [0, 0.05) is 23.7 Å². The van der Waals surface area contributed by atoms with Crippen LogP contribution in [0.5, 0.6) is 0 Å². The maximum Gasteiger partial charge on any atom is 0.193 e. The topological polar surface area (TPSA) is 58.4 Å². The molecule has 1 atom stereocenters. The second kappa shape index (κ2) is 7.49. The third kappa shape index (κ3) is 3.77. The fraction of sp³-hybridized carbons (Fsp3) is 0.350. The highest BCUT2D eigenvalue weighted by atomic mass is 16.1. The zero-order chi connectivity index (χ0) is 16.9. The van der Waals surface area contributed by atoms with Gasteiger partial charge in [-0.2, -0.15) is 0 Å². The van der Waals surface area contributed by atoms with E-state index in [0.29, 0.717) is 22.9 Å². The molecule has 0 unspecified atom stereocenters. The Bertz CT molecular complexity index is 699. The molecule has 0 spiro atoms. The molecule has 4 nitrogen and oxygen atoms in total. The van der Waals surface area contributed by atoms with E-state index >= 15 is 0 Å². The Morgan fingerprint density at radius 3 is 2.71 bits per heavy atom. The molecule has 1 aliphatic heterocycles. The van der Waals surface area contributed by atoms with Crippen molar-refractivity contribution in [1.82, 2.24) is 4.90 Å². The Labute approximate surface area is 143 Å². The molecule has 0 amide bonds. The lowest BCUT2D eigenvalue weighted by molar-refractivity contribution is 0.103. The van der Waals surface area contributed by atoms with Gasteiger partial charge in [-0.1, -0.05) is 30.3 Å². The highest BCUT2D eigenvalue weighted by Gasteiger charge is 2.20. The first kappa shape index (κ1) is 16.5. The molecular formula is C20H25N3O. The molecule has 1 heterocycles. The van der Waals surface area contributed by atoms with Crippen LogP contribution in [0.1, 0.15) is 35.2 Å². The van der Waals surface area contributed by atoms with Crippen LogP contribution >= 0.6 is 0 Å². The average molecular weight is 323 g/mol. The third-order valence-electron chi connectivity index (χ3n) is 4.82. The van der Waals surface area contributed by atoms with Crippen molar-refractivity contribution in [3.8, 4) is 0 Å². The number of nitrogens with one attached hydrogen (secondary N) is 1. The summed E-state index contributed by atoms with van der Waals surface area (Å²) in [6.07, 6.45) is 3.64. The number of anilines is 2. The molecule has 2 aromatic rings. The first-order valence-electron chi connectivity index (χ1n) is 8.58. The van der Waals surface area contributed by atoms with Crippen LogP contribution in [0.3, 0.4) is 0 Å². The number of ketones is 1. The van der Waals surface area contributed by atoms with Gasteiger partial charge in [0.25, 0.3) is 0 Å². The van der Waals surface area contributed by atoms with Crippen LogP contribution in [-0.4, -0.2) is 36.9 Å². The molecule has 2 aromatic carbocycles. The van der Waals surface area contributed by atoms with E-state index < -0.39 is 0 Å². The van der Waals surface area contributed by atoms with Crippen molar-refractivity contribution in [2.45, 2.75) is 25.3 Å². The lowest BCUT2D eigenvalue weighted by Crippen LogP contribution is -2.27. The summed E-state index contributed by atoms with van der Waals surface area (Å²) in [5.41, 5.74) is 8.95. The summed E-state index contributed by atoms with van der Waals surface area (Å²) in [6, 6.07) is 15.4. The van der Waals surface area contributed by atoms with Gasteiger partial charge in [-0.25, -0.2) is 0 Å². The molecule has 1 aliphatic rings. The van der Waals surface area contributed by atoms with Gasteiger partial charge in [0.15, 0.2) is 5.78 Å². The maximum atomic E-state index is 12.6. The number of carbonyl (C=O) groups is 1. The van der Waals surface area contributed by atoms with Crippen LogP contribution < -0.4 is 11.1 Å². The molecule has 4 heteroatoms. The summed E-state index contributed by atoms with van der Waals surface area (Å²) in [4.78, 5) is 15.0. The number of nitrogens with zero attached hydrogens (tertiary/aromatic N) is 1. The van der Waals surface area contributed by atoms with Crippen LogP contribution in [-0.2, 0) is 0 Å². The Morgan fingerprint density at radius 1 is 1.21 bits per heavy atom. The van der Waals surface area contributed by atoms with Crippen molar-refractivity contribution in [2.75, 3.05) is 31.2 Å². The second-order valence-corrected chi connectivity index (χ2v) is 6.49. The minimum Gasteiger partial charge on any atom is -0.397 e. The quantitative estimate of drug-likeness (QED) is 0.632. The van der Waals surface area contributed by atoms with Gasteiger partial charge >= 0.3 is 0 Å². The average Bonchev–Trinajstić information content (AvgIpc) is 3.02. The Morgan fingerprint density at radius 2 is 2.00 bits per heavy atom. The number of nitrogens with two attached hydrogens (primary N) is 1. The number of rotatable bonds is 6. The number of hydrogen-bond acceptors (Lipinski definition) is 4. The molecule has 0 aliphatic carbocycles. The van der Waals surface area contributed by atoms with E-state index in [-0.39, 0.29) is 5.78 Å². The summed E-state index contributed by atoms with van der Waals surface area (Å²) >= 11 is 0. The smallest absolute Gasteiger partial charge is 0.193 e. The van der Waals surface area contributed by atoms with Crippen LogP contribution in [0, 0.1) is 0 Å². The highest BCUT2D eigenvalue weighted by Crippen LogP contribution is 2.23. The van der Waals surface area contributed by atoms with Gasteiger partial charge in [-0.15, -0.1) is 0 Å². The molecule has 3 N–H and O–H groups in total. The molecule has 1 fully saturated rings. The van der Waals surface area contributed by atoms with Gasteiger partial charge in [-0.05, 0) is 51.1 Å². The summed E-state index contributed by atoms with van der Waals surface area (Å²) in [7, 11) is 2.19. The lowest BCUT2D eigenvalue weighted by atomic mass is 10.0. The van der Waals surface area contributed by atoms with E-state index in [1.54, 1.807) is 12.1 Å². The first-order valence-corrected chi connectivity index (χ1v) is 8.58. The monoisotopic (exact) mass is 323 g/mol. The normalized spacial score (nSPS) is 17.8. The minimum atomic E-state index is 0.0224. The predicted molar refractivity (Wildman–Crippen MR) is 99.5 cm³/mol. The SMILES string of the molecule is CN1CCC[C@H]1CCNc1cc(C(=O)c2ccccc2)ccc1N. The molecule has 126 valence electrons. The van der Waals surface area contributed by atoms with E-state index in [2.05, 4.69) is 17.3 Å². The number of likely N-dealkylation sites (tertiary alicyclic amines) is 1. The summed E-state index contributed by atoms with van der Waals surface area (Å²) < 4.78 is 0. The van der Waals surface area contributed by atoms with E-state index in [4.69, 9.17) is 5.73 Å². The summed E-state index contributed by atoms with van der Waals surface area (Å²) in [5, 5.41) is 3.40. The molecule has 0 bridgehead atoms. The van der Waals surface area contributed by atoms with Gasteiger partial charge in [-0.3, -0.25) is 4.79 Å².